The maximum atomic E-state index is 13.9. The van der Waals surface area contributed by atoms with E-state index in [1.807, 2.05) is 24.3 Å². The van der Waals surface area contributed by atoms with E-state index in [-0.39, 0.29) is 11.6 Å². The molecule has 2 aromatic carbocycles. The molecule has 3 rings (SSSR count). The number of benzene rings is 2. The van der Waals surface area contributed by atoms with Crippen molar-refractivity contribution in [1.29, 1.82) is 0 Å². The summed E-state index contributed by atoms with van der Waals surface area (Å²) < 4.78 is 13.9. The number of hydrogen-bond donors (Lipinski definition) is 2. The Bertz CT molecular complexity index is 987. The van der Waals surface area contributed by atoms with Gasteiger partial charge in [0.05, 0.1) is 17.7 Å². The van der Waals surface area contributed by atoms with Crippen molar-refractivity contribution < 1.29 is 9.18 Å². The van der Waals surface area contributed by atoms with E-state index >= 15 is 0 Å². The summed E-state index contributed by atoms with van der Waals surface area (Å²) in [4.78, 5) is 20.1. The molecule has 1 atom stereocenters. The second kappa shape index (κ2) is 8.51. The van der Waals surface area contributed by atoms with Gasteiger partial charge in [0.15, 0.2) is 0 Å². The molecule has 1 unspecified atom stereocenters. The van der Waals surface area contributed by atoms with E-state index in [2.05, 4.69) is 33.6 Å². The summed E-state index contributed by atoms with van der Waals surface area (Å²) in [5.41, 5.74) is 2.74. The predicted molar refractivity (Wildman–Crippen MR) is 106 cm³/mol. The molecule has 1 aromatic heterocycles. The van der Waals surface area contributed by atoms with E-state index in [1.165, 1.54) is 19.2 Å². The smallest absolute Gasteiger partial charge is 0.253 e. The van der Waals surface area contributed by atoms with Gasteiger partial charge in [-0.3, -0.25) is 20.1 Å². The van der Waals surface area contributed by atoms with Gasteiger partial charge in [0.2, 0.25) is 0 Å². The third kappa shape index (κ3) is 4.54. The van der Waals surface area contributed by atoms with Crippen LogP contribution < -0.4 is 10.6 Å². The fourth-order valence-corrected chi connectivity index (χ4v) is 2.75. The molecule has 2 N–H and O–H groups in total. The van der Waals surface area contributed by atoms with Gasteiger partial charge in [0, 0.05) is 30.9 Å². The fraction of sp³-hybridized carbons (Fsp3) is 0.190. The number of rotatable bonds is 6. The van der Waals surface area contributed by atoms with Gasteiger partial charge in [-0.05, 0) is 48.4 Å². The first kappa shape index (κ1) is 18.7. The van der Waals surface area contributed by atoms with Crippen molar-refractivity contribution in [3.63, 3.8) is 0 Å². The number of amides is 1. The minimum absolute atomic E-state index is 0.0205. The van der Waals surface area contributed by atoms with E-state index in [9.17, 15) is 9.18 Å². The van der Waals surface area contributed by atoms with Gasteiger partial charge < -0.3 is 5.32 Å². The van der Waals surface area contributed by atoms with Gasteiger partial charge in [0.25, 0.3) is 5.91 Å². The Morgan fingerprint density at radius 3 is 2.89 bits per heavy atom. The van der Waals surface area contributed by atoms with Crippen LogP contribution in [0.15, 0.2) is 59.7 Å². The number of carbonyl (C=O) groups excluding carboxylic acids is 1. The first-order valence-electron chi connectivity index (χ1n) is 8.68. The van der Waals surface area contributed by atoms with Crippen LogP contribution in [0.25, 0.3) is 10.9 Å². The zero-order valence-electron chi connectivity index (χ0n) is 15.2. The van der Waals surface area contributed by atoms with Gasteiger partial charge >= 0.3 is 0 Å². The molecule has 0 aliphatic rings. The van der Waals surface area contributed by atoms with Gasteiger partial charge in [-0.15, -0.1) is 0 Å². The average molecular weight is 364 g/mol. The second-order valence-electron chi connectivity index (χ2n) is 6.17. The molecule has 0 aliphatic heterocycles. The third-order valence-corrected chi connectivity index (χ3v) is 4.32. The van der Waals surface area contributed by atoms with Crippen molar-refractivity contribution in [3.05, 3.63) is 77.2 Å². The lowest BCUT2D eigenvalue weighted by atomic mass is 10.1. The summed E-state index contributed by atoms with van der Waals surface area (Å²) in [6, 6.07) is 14.6. The molecule has 0 radical (unpaired) electrons. The molecule has 138 valence electrons. The van der Waals surface area contributed by atoms with Gasteiger partial charge in [-0.2, -0.15) is 0 Å². The number of fused-ring (bicyclic) bond motifs is 1. The quantitative estimate of drug-likeness (QED) is 0.658. The molecule has 0 fully saturated rings. The van der Waals surface area contributed by atoms with E-state index in [4.69, 9.17) is 0 Å². The van der Waals surface area contributed by atoms with E-state index < -0.39 is 11.7 Å². The Morgan fingerprint density at radius 2 is 2.11 bits per heavy atom. The first-order valence-corrected chi connectivity index (χ1v) is 8.68. The van der Waals surface area contributed by atoms with Crippen LogP contribution in [0.3, 0.4) is 0 Å². The number of nitrogens with one attached hydrogen (secondary N) is 2. The van der Waals surface area contributed by atoms with Crippen LogP contribution in [0.2, 0.25) is 0 Å². The number of pyridine rings is 1. The number of carbonyl (C=O) groups is 1. The van der Waals surface area contributed by atoms with Gasteiger partial charge in [0.1, 0.15) is 5.82 Å². The summed E-state index contributed by atoms with van der Waals surface area (Å²) in [7, 11) is 1.47. The Kier molecular flexibility index (Phi) is 5.88. The maximum absolute atomic E-state index is 13.9. The second-order valence-corrected chi connectivity index (χ2v) is 6.17. The zero-order chi connectivity index (χ0) is 19.2. The number of nitrogens with zero attached hydrogens (tertiary/aromatic N) is 2. The molecule has 27 heavy (non-hydrogen) atoms. The highest BCUT2D eigenvalue weighted by molar-refractivity contribution is 5.95. The Morgan fingerprint density at radius 1 is 1.26 bits per heavy atom. The SMILES string of the molecule is CNC(=O)c1ccc(/C=N/CNC(C)c2ccc3ncccc3c2)cc1F. The Hall–Kier alpha value is -3.12. The molecule has 1 amide bonds. The van der Waals surface area contributed by atoms with Crippen LogP contribution >= 0.6 is 0 Å². The van der Waals surface area contributed by atoms with Crippen molar-refractivity contribution >= 4 is 23.0 Å². The van der Waals surface area contributed by atoms with E-state index in [1.54, 1.807) is 18.5 Å². The third-order valence-electron chi connectivity index (χ3n) is 4.32. The van der Waals surface area contributed by atoms with Gasteiger partial charge in [-0.1, -0.05) is 18.2 Å². The highest BCUT2D eigenvalue weighted by atomic mass is 19.1. The van der Waals surface area contributed by atoms with Crippen molar-refractivity contribution in [3.8, 4) is 0 Å². The first-order chi connectivity index (χ1) is 13.1. The summed E-state index contributed by atoms with van der Waals surface area (Å²) in [5, 5.41) is 6.81. The number of hydrogen-bond acceptors (Lipinski definition) is 4. The summed E-state index contributed by atoms with van der Waals surface area (Å²) in [6.45, 7) is 2.45. The predicted octanol–water partition coefficient (Wildman–Crippen LogP) is 3.46. The van der Waals surface area contributed by atoms with Crippen molar-refractivity contribution in [1.82, 2.24) is 15.6 Å². The molecule has 6 heteroatoms. The summed E-state index contributed by atoms with van der Waals surface area (Å²) in [5.74, 6) is -1.01. The maximum Gasteiger partial charge on any atom is 0.253 e. The fourth-order valence-electron chi connectivity index (χ4n) is 2.75. The summed E-state index contributed by atoms with van der Waals surface area (Å²) in [6.07, 6.45) is 3.36. The Balaban J connectivity index is 1.59. The summed E-state index contributed by atoms with van der Waals surface area (Å²) >= 11 is 0. The lowest BCUT2D eigenvalue weighted by Crippen LogP contribution is -2.19. The van der Waals surface area contributed by atoms with Crippen molar-refractivity contribution in [2.75, 3.05) is 13.7 Å². The standard InChI is InChI=1S/C21H21FN4O/c1-14(16-6-8-20-17(11-16)4-3-9-25-20)26-13-24-12-15-5-7-18(19(22)10-15)21(27)23-2/h3-12,14,26H,13H2,1-2H3,(H,23,27)/b24-12+. The number of aliphatic imine (C=N–C) groups is 1. The molecule has 5 nitrogen and oxygen atoms in total. The highest BCUT2D eigenvalue weighted by Gasteiger charge is 2.09. The molecule has 0 saturated heterocycles. The molecular formula is C21H21FN4O. The topological polar surface area (TPSA) is 66.4 Å². The lowest BCUT2D eigenvalue weighted by molar-refractivity contribution is 0.0959. The van der Waals surface area contributed by atoms with Gasteiger partial charge in [-0.25, -0.2) is 4.39 Å². The minimum Gasteiger partial charge on any atom is -0.355 e. The monoisotopic (exact) mass is 364 g/mol. The van der Waals surface area contributed by atoms with Crippen LogP contribution in [0.4, 0.5) is 4.39 Å². The molecule has 0 aliphatic carbocycles. The van der Waals surface area contributed by atoms with Crippen LogP contribution in [0.1, 0.15) is 34.5 Å². The average Bonchev–Trinajstić information content (AvgIpc) is 2.70. The van der Waals surface area contributed by atoms with Crippen LogP contribution in [0.5, 0.6) is 0 Å². The Labute approximate surface area is 157 Å². The van der Waals surface area contributed by atoms with E-state index in [0.29, 0.717) is 12.2 Å². The van der Waals surface area contributed by atoms with E-state index in [0.717, 1.165) is 16.5 Å². The zero-order valence-corrected chi connectivity index (χ0v) is 15.2. The van der Waals surface area contributed by atoms with Crippen molar-refractivity contribution in [2.24, 2.45) is 4.99 Å². The van der Waals surface area contributed by atoms with Crippen LogP contribution in [-0.2, 0) is 0 Å². The van der Waals surface area contributed by atoms with Crippen LogP contribution in [-0.4, -0.2) is 30.8 Å². The van der Waals surface area contributed by atoms with Crippen LogP contribution in [0, 0.1) is 5.82 Å². The molecule has 0 saturated carbocycles. The number of aromatic nitrogens is 1. The molecular weight excluding hydrogens is 343 g/mol. The largest absolute Gasteiger partial charge is 0.355 e. The van der Waals surface area contributed by atoms with Crippen molar-refractivity contribution in [2.45, 2.75) is 13.0 Å². The minimum atomic E-state index is -0.565. The normalized spacial score (nSPS) is 12.4. The number of halogens is 1. The molecule has 1 heterocycles. The highest BCUT2D eigenvalue weighted by Crippen LogP contribution is 2.18. The molecule has 0 spiro atoms. The molecule has 0 bridgehead atoms. The molecule has 3 aromatic rings. The lowest BCUT2D eigenvalue weighted by Gasteiger charge is -2.13.